The van der Waals surface area contributed by atoms with Crippen LogP contribution in [-0.2, 0) is 10.0 Å². The third kappa shape index (κ3) is 4.61. The Morgan fingerprint density at radius 3 is 2.17 bits per heavy atom. The van der Waals surface area contributed by atoms with Crippen LogP contribution < -0.4 is 0 Å². The molecule has 0 bridgehead atoms. The van der Waals surface area contributed by atoms with Gasteiger partial charge in [0, 0.05) is 17.0 Å². The minimum Gasteiger partial charge on any atom is -0.212 e. The van der Waals surface area contributed by atoms with Crippen LogP contribution in [0.3, 0.4) is 0 Å². The van der Waals surface area contributed by atoms with Gasteiger partial charge < -0.3 is 0 Å². The van der Waals surface area contributed by atoms with Gasteiger partial charge >= 0.3 is 0 Å². The van der Waals surface area contributed by atoms with Gasteiger partial charge in [0.25, 0.3) is 0 Å². The molecule has 0 saturated heterocycles. The van der Waals surface area contributed by atoms with Crippen LogP contribution in [0, 0.1) is 0 Å². The fourth-order valence-corrected chi connectivity index (χ4v) is 2.59. The van der Waals surface area contributed by atoms with Gasteiger partial charge in [0.1, 0.15) is 0 Å². The van der Waals surface area contributed by atoms with E-state index in [2.05, 4.69) is 22.6 Å². The summed E-state index contributed by atoms with van der Waals surface area (Å²) < 4.78 is 24.9. The van der Waals surface area contributed by atoms with Crippen molar-refractivity contribution < 1.29 is 8.42 Å². The first-order valence-corrected chi connectivity index (χ1v) is 7.29. The average Bonchev–Trinajstić information content (AvgIpc) is 1.84. The van der Waals surface area contributed by atoms with Crippen molar-refractivity contribution in [1.82, 2.24) is 4.31 Å². The molecule has 0 N–H and O–H groups in total. The van der Waals surface area contributed by atoms with Crippen molar-refractivity contribution in [2.24, 2.45) is 0 Å². The van der Waals surface area contributed by atoms with E-state index >= 15 is 0 Å². The highest BCUT2D eigenvalue weighted by molar-refractivity contribution is 14.1. The normalized spacial score (nSPS) is 12.8. The van der Waals surface area contributed by atoms with Crippen LogP contribution >= 0.6 is 22.6 Å². The quantitative estimate of drug-likeness (QED) is 0.570. The lowest BCUT2D eigenvalue weighted by Crippen LogP contribution is -2.36. The molecule has 0 atom stereocenters. The molecule has 0 heterocycles. The number of hydrogen-bond donors (Lipinski definition) is 0. The van der Waals surface area contributed by atoms with Gasteiger partial charge in [-0.25, -0.2) is 8.42 Å². The molecule has 0 saturated carbocycles. The Labute approximate surface area is 88.7 Å². The lowest BCUT2D eigenvalue weighted by atomic mass is 10.4. The van der Waals surface area contributed by atoms with Gasteiger partial charge in [-0.2, -0.15) is 4.31 Å². The van der Waals surface area contributed by atoms with E-state index in [0.717, 1.165) is 10.8 Å². The van der Waals surface area contributed by atoms with E-state index in [4.69, 9.17) is 0 Å². The molecular weight excluding hydrogens is 289 g/mol. The molecule has 0 aliphatic rings. The standard InChI is InChI=1S/C7H16INO2S/c1-7(2)9(6-4-5-8)12(3,10)11/h7H,4-6H2,1-3H3. The van der Waals surface area contributed by atoms with E-state index in [9.17, 15) is 8.42 Å². The number of nitrogens with zero attached hydrogens (tertiary/aromatic N) is 1. The number of rotatable bonds is 5. The molecule has 0 amide bonds. The van der Waals surface area contributed by atoms with Gasteiger partial charge in [-0.1, -0.05) is 22.6 Å². The maximum Gasteiger partial charge on any atom is 0.211 e. The highest BCUT2D eigenvalue weighted by Gasteiger charge is 2.18. The zero-order chi connectivity index (χ0) is 9.78. The zero-order valence-electron chi connectivity index (χ0n) is 7.75. The second-order valence-corrected chi connectivity index (χ2v) is 6.02. The van der Waals surface area contributed by atoms with Crippen LogP contribution in [0.15, 0.2) is 0 Å². The van der Waals surface area contributed by atoms with E-state index in [1.807, 2.05) is 13.8 Å². The Hall–Kier alpha value is 0.640. The molecule has 0 aliphatic carbocycles. The first-order chi connectivity index (χ1) is 5.39. The third-order valence-electron chi connectivity index (χ3n) is 1.51. The summed E-state index contributed by atoms with van der Waals surface area (Å²) in [6, 6.07) is 0.0722. The number of alkyl halides is 1. The Bertz CT molecular complexity index is 213. The molecule has 74 valence electrons. The Kier molecular flexibility index (Phi) is 5.67. The molecule has 0 fully saturated rings. The molecule has 0 aromatic heterocycles. The smallest absolute Gasteiger partial charge is 0.211 e. The van der Waals surface area contributed by atoms with Crippen molar-refractivity contribution in [1.29, 1.82) is 0 Å². The summed E-state index contributed by atoms with van der Waals surface area (Å²) in [7, 11) is -3.01. The molecule has 5 heteroatoms. The van der Waals surface area contributed by atoms with Crippen LogP contribution in [0.5, 0.6) is 0 Å². The van der Waals surface area contributed by atoms with E-state index in [0.29, 0.717) is 6.54 Å². The molecule has 0 aliphatic heterocycles. The Morgan fingerprint density at radius 1 is 1.42 bits per heavy atom. The molecule has 12 heavy (non-hydrogen) atoms. The van der Waals surface area contributed by atoms with Crippen molar-refractivity contribution in [2.45, 2.75) is 26.3 Å². The molecule has 0 spiro atoms. The summed E-state index contributed by atoms with van der Waals surface area (Å²) in [4.78, 5) is 0. The monoisotopic (exact) mass is 305 g/mol. The largest absolute Gasteiger partial charge is 0.212 e. The lowest BCUT2D eigenvalue weighted by molar-refractivity contribution is 0.358. The van der Waals surface area contributed by atoms with Crippen molar-refractivity contribution in [3.63, 3.8) is 0 Å². The van der Waals surface area contributed by atoms with E-state index in [1.54, 1.807) is 0 Å². The van der Waals surface area contributed by atoms with Gasteiger partial charge in [-0.15, -0.1) is 0 Å². The first kappa shape index (κ1) is 12.6. The topological polar surface area (TPSA) is 37.4 Å². The van der Waals surface area contributed by atoms with Crippen molar-refractivity contribution >= 4 is 32.6 Å². The predicted molar refractivity (Wildman–Crippen MR) is 60.2 cm³/mol. The third-order valence-corrected chi connectivity index (χ3v) is 3.73. The second-order valence-electron chi connectivity index (χ2n) is 3.01. The van der Waals surface area contributed by atoms with Crippen molar-refractivity contribution in [3.8, 4) is 0 Å². The van der Waals surface area contributed by atoms with Gasteiger partial charge in [0.05, 0.1) is 6.26 Å². The predicted octanol–water partition coefficient (Wildman–Crippen LogP) is 1.48. The van der Waals surface area contributed by atoms with Crippen LogP contribution in [0.4, 0.5) is 0 Å². The van der Waals surface area contributed by atoms with Crippen LogP contribution in [0.1, 0.15) is 20.3 Å². The molecule has 3 nitrogen and oxygen atoms in total. The lowest BCUT2D eigenvalue weighted by Gasteiger charge is -2.23. The number of sulfonamides is 1. The first-order valence-electron chi connectivity index (χ1n) is 3.92. The second kappa shape index (κ2) is 5.39. The molecule has 0 aromatic carbocycles. The fourth-order valence-electron chi connectivity index (χ4n) is 1.02. The van der Waals surface area contributed by atoms with E-state index < -0.39 is 10.0 Å². The number of halogens is 1. The highest BCUT2D eigenvalue weighted by atomic mass is 127. The van der Waals surface area contributed by atoms with E-state index in [1.165, 1.54) is 10.6 Å². The fraction of sp³-hybridized carbons (Fsp3) is 1.00. The molecule has 0 unspecified atom stereocenters. The minimum atomic E-state index is -3.01. The van der Waals surface area contributed by atoms with Gasteiger partial charge in [-0.3, -0.25) is 0 Å². The van der Waals surface area contributed by atoms with Crippen LogP contribution in [-0.4, -0.2) is 36.0 Å². The Balaban J connectivity index is 4.26. The number of hydrogen-bond acceptors (Lipinski definition) is 2. The molecular formula is C7H16INO2S. The SMILES string of the molecule is CC(C)N(CCCI)S(C)(=O)=O. The molecule has 0 radical (unpaired) electrons. The molecule has 0 rings (SSSR count). The zero-order valence-corrected chi connectivity index (χ0v) is 10.7. The van der Waals surface area contributed by atoms with Gasteiger partial charge in [0.15, 0.2) is 0 Å². The average molecular weight is 305 g/mol. The maximum atomic E-state index is 11.2. The Morgan fingerprint density at radius 2 is 1.92 bits per heavy atom. The summed E-state index contributed by atoms with van der Waals surface area (Å²) in [5, 5.41) is 0. The molecule has 0 aromatic rings. The van der Waals surface area contributed by atoms with Crippen LogP contribution in [0.2, 0.25) is 0 Å². The van der Waals surface area contributed by atoms with Gasteiger partial charge in [-0.05, 0) is 20.3 Å². The summed E-state index contributed by atoms with van der Waals surface area (Å²) >= 11 is 2.25. The van der Waals surface area contributed by atoms with Gasteiger partial charge in [0.2, 0.25) is 10.0 Å². The minimum absolute atomic E-state index is 0.0722. The van der Waals surface area contributed by atoms with E-state index in [-0.39, 0.29) is 6.04 Å². The van der Waals surface area contributed by atoms with Crippen LogP contribution in [0.25, 0.3) is 0 Å². The maximum absolute atomic E-state index is 11.2. The summed E-state index contributed by atoms with van der Waals surface area (Å²) in [6.07, 6.45) is 2.19. The summed E-state index contributed by atoms with van der Waals surface area (Å²) in [5.74, 6) is 0. The summed E-state index contributed by atoms with van der Waals surface area (Å²) in [5.41, 5.74) is 0. The highest BCUT2D eigenvalue weighted by Crippen LogP contribution is 2.06. The van der Waals surface area contributed by atoms with Crippen molar-refractivity contribution in [2.75, 3.05) is 17.2 Å². The van der Waals surface area contributed by atoms with Crippen molar-refractivity contribution in [3.05, 3.63) is 0 Å². The summed E-state index contributed by atoms with van der Waals surface area (Å²) in [6.45, 7) is 4.43.